The molecule has 0 amide bonds. The van der Waals surface area contributed by atoms with Crippen LogP contribution in [0.4, 0.5) is 0 Å². The van der Waals surface area contributed by atoms with Crippen LogP contribution < -0.4 is 0 Å². The minimum absolute atomic E-state index is 0.818. The van der Waals surface area contributed by atoms with Gasteiger partial charge in [-0.15, -0.1) is 0 Å². The Labute approximate surface area is 83.9 Å². The standard InChI is InChI=1S/C7H12O8/c1-4(9)6(11)5(10,15-6)3(2-8)14-7(4,12)13/h3,8-13H,2H2,1H3/t3-,4-,5+,6+/m1/s1. The molecule has 0 aliphatic carbocycles. The predicted octanol–water partition coefficient (Wildman–Crippen LogP) is -3.83. The van der Waals surface area contributed by atoms with E-state index < -0.39 is 35.9 Å². The van der Waals surface area contributed by atoms with Crippen LogP contribution in [0, 0.1) is 0 Å². The number of epoxide rings is 1. The average molecular weight is 224 g/mol. The van der Waals surface area contributed by atoms with Crippen molar-refractivity contribution >= 4 is 0 Å². The first-order valence-corrected chi connectivity index (χ1v) is 4.23. The number of fused-ring (bicyclic) bond motifs is 1. The van der Waals surface area contributed by atoms with Gasteiger partial charge in [-0.05, 0) is 6.92 Å². The summed E-state index contributed by atoms with van der Waals surface area (Å²) >= 11 is 0. The Morgan fingerprint density at radius 2 is 1.67 bits per heavy atom. The zero-order chi connectivity index (χ0) is 11.7. The molecule has 6 N–H and O–H groups in total. The maximum Gasteiger partial charge on any atom is 0.314 e. The fourth-order valence-corrected chi connectivity index (χ4v) is 1.71. The minimum atomic E-state index is -3.14. The monoisotopic (exact) mass is 224 g/mol. The van der Waals surface area contributed by atoms with Crippen LogP contribution in [-0.4, -0.2) is 66.5 Å². The third kappa shape index (κ3) is 0.978. The first-order valence-electron chi connectivity index (χ1n) is 4.23. The van der Waals surface area contributed by atoms with E-state index in [0.29, 0.717) is 0 Å². The summed E-state index contributed by atoms with van der Waals surface area (Å²) in [6.45, 7) is -0.00365. The van der Waals surface area contributed by atoms with Crippen molar-refractivity contribution in [2.45, 2.75) is 36.2 Å². The second-order valence-corrected chi connectivity index (χ2v) is 3.91. The van der Waals surface area contributed by atoms with Gasteiger partial charge >= 0.3 is 5.97 Å². The number of hydrogen-bond acceptors (Lipinski definition) is 8. The van der Waals surface area contributed by atoms with Crippen LogP contribution in [0.25, 0.3) is 0 Å². The molecule has 0 bridgehead atoms. The second kappa shape index (κ2) is 2.50. The van der Waals surface area contributed by atoms with Gasteiger partial charge < -0.3 is 40.1 Å². The molecule has 8 heteroatoms. The Morgan fingerprint density at radius 1 is 1.13 bits per heavy atom. The van der Waals surface area contributed by atoms with Gasteiger partial charge in [-0.2, -0.15) is 0 Å². The van der Waals surface area contributed by atoms with Crippen LogP contribution in [0.15, 0.2) is 0 Å². The Hall–Kier alpha value is -0.320. The van der Waals surface area contributed by atoms with Crippen molar-refractivity contribution in [2.24, 2.45) is 0 Å². The van der Waals surface area contributed by atoms with E-state index in [1.54, 1.807) is 0 Å². The third-order valence-electron chi connectivity index (χ3n) is 2.95. The molecule has 2 aliphatic heterocycles. The molecule has 2 fully saturated rings. The smallest absolute Gasteiger partial charge is 0.314 e. The number of ether oxygens (including phenoxy) is 2. The average Bonchev–Trinajstić information content (AvgIpc) is 2.67. The van der Waals surface area contributed by atoms with E-state index in [0.717, 1.165) is 6.92 Å². The maximum absolute atomic E-state index is 9.64. The molecule has 15 heavy (non-hydrogen) atoms. The molecule has 0 aromatic heterocycles. The molecule has 2 aliphatic rings. The molecule has 0 radical (unpaired) electrons. The maximum atomic E-state index is 9.64. The quantitative estimate of drug-likeness (QED) is 0.196. The van der Waals surface area contributed by atoms with Crippen molar-refractivity contribution in [1.29, 1.82) is 0 Å². The van der Waals surface area contributed by atoms with Gasteiger partial charge in [-0.25, -0.2) is 0 Å². The number of hydrogen-bond donors (Lipinski definition) is 6. The number of aliphatic hydroxyl groups excluding tert-OH is 1. The van der Waals surface area contributed by atoms with E-state index in [1.807, 2.05) is 0 Å². The topological polar surface area (TPSA) is 143 Å². The van der Waals surface area contributed by atoms with Gasteiger partial charge in [0.15, 0.2) is 0 Å². The molecule has 2 heterocycles. The molecule has 0 aromatic carbocycles. The minimum Gasteiger partial charge on any atom is -0.393 e. The lowest BCUT2D eigenvalue weighted by Gasteiger charge is -2.44. The van der Waals surface area contributed by atoms with Crippen molar-refractivity contribution in [1.82, 2.24) is 0 Å². The summed E-state index contributed by atoms with van der Waals surface area (Å²) in [4.78, 5) is 0. The largest absolute Gasteiger partial charge is 0.393 e. The molecule has 0 spiro atoms. The van der Waals surface area contributed by atoms with Crippen LogP contribution in [0.3, 0.4) is 0 Å². The summed E-state index contributed by atoms with van der Waals surface area (Å²) in [5.74, 6) is -8.08. The van der Waals surface area contributed by atoms with Gasteiger partial charge in [0.1, 0.15) is 6.10 Å². The van der Waals surface area contributed by atoms with E-state index in [-0.39, 0.29) is 0 Å². The van der Waals surface area contributed by atoms with Gasteiger partial charge in [0, 0.05) is 0 Å². The fraction of sp³-hybridized carbons (Fsp3) is 1.00. The van der Waals surface area contributed by atoms with Crippen LogP contribution in [0.5, 0.6) is 0 Å². The predicted molar refractivity (Wildman–Crippen MR) is 40.7 cm³/mol. The second-order valence-electron chi connectivity index (χ2n) is 3.91. The molecule has 0 saturated carbocycles. The van der Waals surface area contributed by atoms with Crippen LogP contribution in [-0.2, 0) is 9.47 Å². The van der Waals surface area contributed by atoms with E-state index >= 15 is 0 Å². The Morgan fingerprint density at radius 3 is 2.13 bits per heavy atom. The SMILES string of the molecule is C[C@]1(O)C(O)(O)O[C@H](CO)[C@]2(O)O[C@]21O. The summed E-state index contributed by atoms with van der Waals surface area (Å²) in [6, 6.07) is 0. The highest BCUT2D eigenvalue weighted by Crippen LogP contribution is 2.60. The summed E-state index contributed by atoms with van der Waals surface area (Å²) in [5, 5.41) is 56.2. The van der Waals surface area contributed by atoms with Gasteiger partial charge in [-0.1, -0.05) is 0 Å². The molecule has 0 unspecified atom stereocenters. The molecule has 0 aromatic rings. The lowest BCUT2D eigenvalue weighted by atomic mass is 9.86. The van der Waals surface area contributed by atoms with E-state index in [9.17, 15) is 25.5 Å². The highest BCUT2D eigenvalue weighted by Gasteiger charge is 2.89. The van der Waals surface area contributed by atoms with Gasteiger partial charge in [0.2, 0.25) is 5.60 Å². The first-order chi connectivity index (χ1) is 6.62. The van der Waals surface area contributed by atoms with Crippen LogP contribution >= 0.6 is 0 Å². The fourth-order valence-electron chi connectivity index (χ4n) is 1.71. The van der Waals surface area contributed by atoms with E-state index in [1.165, 1.54) is 0 Å². The lowest BCUT2D eigenvalue weighted by molar-refractivity contribution is -0.465. The molecule has 2 saturated heterocycles. The molecular weight excluding hydrogens is 212 g/mol. The normalized spacial score (nSPS) is 57.4. The summed E-state index contributed by atoms with van der Waals surface area (Å²) in [7, 11) is 0. The van der Waals surface area contributed by atoms with Crippen molar-refractivity contribution in [3.8, 4) is 0 Å². The highest BCUT2D eigenvalue weighted by atomic mass is 16.9. The zero-order valence-electron chi connectivity index (χ0n) is 7.78. The Kier molecular flexibility index (Phi) is 1.86. The molecule has 8 nitrogen and oxygen atoms in total. The van der Waals surface area contributed by atoms with Crippen molar-refractivity contribution < 1.29 is 40.1 Å². The summed E-state index contributed by atoms with van der Waals surface area (Å²) in [5.41, 5.74) is -2.65. The van der Waals surface area contributed by atoms with Crippen molar-refractivity contribution in [3.05, 3.63) is 0 Å². The molecule has 2 rings (SSSR count). The van der Waals surface area contributed by atoms with E-state index in [4.69, 9.17) is 5.11 Å². The van der Waals surface area contributed by atoms with Crippen LogP contribution in [0.1, 0.15) is 6.92 Å². The number of aliphatic hydroxyl groups is 6. The highest BCUT2D eigenvalue weighted by molar-refractivity contribution is 5.20. The lowest BCUT2D eigenvalue weighted by Crippen LogP contribution is -2.72. The summed E-state index contributed by atoms with van der Waals surface area (Å²) < 4.78 is 8.90. The van der Waals surface area contributed by atoms with Crippen LogP contribution in [0.2, 0.25) is 0 Å². The number of rotatable bonds is 1. The Balaban J connectivity index is 2.42. The van der Waals surface area contributed by atoms with Crippen molar-refractivity contribution in [3.63, 3.8) is 0 Å². The summed E-state index contributed by atoms with van der Waals surface area (Å²) in [6.07, 6.45) is -1.57. The van der Waals surface area contributed by atoms with Crippen molar-refractivity contribution in [2.75, 3.05) is 6.61 Å². The molecular formula is C7H12O8. The third-order valence-corrected chi connectivity index (χ3v) is 2.95. The molecule has 4 atom stereocenters. The van der Waals surface area contributed by atoms with Gasteiger partial charge in [0.05, 0.1) is 6.61 Å². The Bertz CT molecular complexity index is 301. The zero-order valence-corrected chi connectivity index (χ0v) is 7.78. The first kappa shape index (κ1) is 11.2. The van der Waals surface area contributed by atoms with Gasteiger partial charge in [-0.3, -0.25) is 0 Å². The molecule has 88 valence electrons. The van der Waals surface area contributed by atoms with Gasteiger partial charge in [0.25, 0.3) is 11.6 Å². The van der Waals surface area contributed by atoms with E-state index in [2.05, 4.69) is 9.47 Å².